The maximum atomic E-state index is 12.5. The van der Waals surface area contributed by atoms with Crippen LogP contribution in [0.15, 0.2) is 41.8 Å². The molecule has 4 rings (SSSR count). The van der Waals surface area contributed by atoms with Gasteiger partial charge in [-0.15, -0.1) is 11.3 Å². The van der Waals surface area contributed by atoms with Gasteiger partial charge in [0.15, 0.2) is 0 Å². The zero-order chi connectivity index (χ0) is 18.1. The summed E-state index contributed by atoms with van der Waals surface area (Å²) in [6.45, 7) is 3.28. The molecule has 1 aliphatic rings. The van der Waals surface area contributed by atoms with E-state index in [0.717, 1.165) is 33.4 Å². The third-order valence-corrected chi connectivity index (χ3v) is 5.69. The predicted molar refractivity (Wildman–Crippen MR) is 102 cm³/mol. The van der Waals surface area contributed by atoms with Crippen molar-refractivity contribution in [2.24, 2.45) is 0 Å². The van der Waals surface area contributed by atoms with Crippen LogP contribution in [0, 0.1) is 6.92 Å². The Morgan fingerprint density at radius 2 is 2.15 bits per heavy atom. The molecule has 1 aromatic carbocycles. The number of benzene rings is 1. The number of amides is 1. The van der Waals surface area contributed by atoms with E-state index >= 15 is 0 Å². The van der Waals surface area contributed by atoms with Crippen molar-refractivity contribution in [1.29, 1.82) is 0 Å². The topological polar surface area (TPSA) is 58.2 Å². The largest absolute Gasteiger partial charge is 0.496 e. The number of aryl methyl sites for hydroxylation is 1. The quantitative estimate of drug-likeness (QED) is 0.742. The highest BCUT2D eigenvalue weighted by molar-refractivity contribution is 7.13. The van der Waals surface area contributed by atoms with Crippen LogP contribution in [0.5, 0.6) is 5.75 Å². The summed E-state index contributed by atoms with van der Waals surface area (Å²) in [5, 5.41) is 2.05. The SMILES string of the molecule is COc1ccccc1CN1CC(c2nc(-c3cccs3)c(C)[nH]2)CC1=O. The van der Waals surface area contributed by atoms with Crippen LogP contribution >= 0.6 is 11.3 Å². The van der Waals surface area contributed by atoms with Crippen LogP contribution in [-0.4, -0.2) is 34.4 Å². The fourth-order valence-electron chi connectivity index (χ4n) is 3.48. The molecule has 0 radical (unpaired) electrons. The van der Waals surface area contributed by atoms with E-state index in [0.29, 0.717) is 19.5 Å². The summed E-state index contributed by atoms with van der Waals surface area (Å²) >= 11 is 1.68. The Labute approximate surface area is 156 Å². The number of rotatable bonds is 5. The maximum Gasteiger partial charge on any atom is 0.223 e. The molecule has 2 aromatic heterocycles. The van der Waals surface area contributed by atoms with Crippen LogP contribution in [0.1, 0.15) is 29.4 Å². The summed E-state index contributed by atoms with van der Waals surface area (Å²) in [5.41, 5.74) is 3.07. The molecule has 0 bridgehead atoms. The molecular formula is C20H21N3O2S. The molecule has 0 spiro atoms. The van der Waals surface area contributed by atoms with Gasteiger partial charge in [0.05, 0.1) is 12.0 Å². The molecule has 1 saturated heterocycles. The van der Waals surface area contributed by atoms with Gasteiger partial charge in [0.1, 0.15) is 17.3 Å². The van der Waals surface area contributed by atoms with Crippen molar-refractivity contribution in [2.75, 3.05) is 13.7 Å². The Balaban J connectivity index is 1.52. The van der Waals surface area contributed by atoms with Crippen molar-refractivity contribution in [3.05, 3.63) is 58.9 Å². The minimum atomic E-state index is 0.101. The number of aromatic amines is 1. The average Bonchev–Trinajstić information content (AvgIpc) is 3.36. The number of methoxy groups -OCH3 is 1. The van der Waals surface area contributed by atoms with Gasteiger partial charge in [-0.25, -0.2) is 4.98 Å². The number of para-hydroxylation sites is 1. The first-order valence-electron chi connectivity index (χ1n) is 8.65. The summed E-state index contributed by atoms with van der Waals surface area (Å²) in [4.78, 5) is 23.8. The number of ether oxygens (including phenoxy) is 1. The number of hydrogen-bond acceptors (Lipinski definition) is 4. The number of aromatic nitrogens is 2. The Kier molecular flexibility index (Phi) is 4.51. The molecule has 134 valence electrons. The molecule has 1 aliphatic heterocycles. The molecule has 5 nitrogen and oxygen atoms in total. The lowest BCUT2D eigenvalue weighted by Crippen LogP contribution is -2.24. The van der Waals surface area contributed by atoms with E-state index in [-0.39, 0.29) is 11.8 Å². The second-order valence-corrected chi connectivity index (χ2v) is 7.51. The van der Waals surface area contributed by atoms with E-state index in [2.05, 4.69) is 16.4 Å². The zero-order valence-electron chi connectivity index (χ0n) is 14.9. The predicted octanol–water partition coefficient (Wildman–Crippen LogP) is 3.97. The van der Waals surface area contributed by atoms with Crippen LogP contribution in [0.2, 0.25) is 0 Å². The summed E-state index contributed by atoms with van der Waals surface area (Å²) in [7, 11) is 1.66. The molecule has 6 heteroatoms. The van der Waals surface area contributed by atoms with Gasteiger partial charge >= 0.3 is 0 Å². The van der Waals surface area contributed by atoms with Crippen LogP contribution < -0.4 is 4.74 Å². The first-order valence-corrected chi connectivity index (χ1v) is 9.53. The third kappa shape index (κ3) is 3.12. The van der Waals surface area contributed by atoms with E-state index in [4.69, 9.17) is 9.72 Å². The standard InChI is InChI=1S/C20H21N3O2S/c1-13-19(17-8-5-9-26-17)22-20(21-13)15-10-18(24)23(12-15)11-14-6-3-4-7-16(14)25-2/h3-9,15H,10-12H2,1-2H3,(H,21,22). The number of thiophene rings is 1. The highest BCUT2D eigenvalue weighted by atomic mass is 32.1. The number of nitrogens with zero attached hydrogens (tertiary/aromatic N) is 2. The smallest absolute Gasteiger partial charge is 0.223 e. The molecule has 1 N–H and O–H groups in total. The fraction of sp³-hybridized carbons (Fsp3) is 0.300. The fourth-order valence-corrected chi connectivity index (χ4v) is 4.25. The third-order valence-electron chi connectivity index (χ3n) is 4.81. The highest BCUT2D eigenvalue weighted by Crippen LogP contribution is 2.33. The summed E-state index contributed by atoms with van der Waals surface area (Å²) in [5.74, 6) is 1.98. The number of H-pyrrole nitrogens is 1. The van der Waals surface area contributed by atoms with Crippen molar-refractivity contribution >= 4 is 17.2 Å². The number of nitrogens with one attached hydrogen (secondary N) is 1. The molecule has 0 aliphatic carbocycles. The number of carbonyl (C=O) groups is 1. The number of imidazole rings is 1. The Hall–Kier alpha value is -2.60. The van der Waals surface area contributed by atoms with Gasteiger partial charge in [0, 0.05) is 36.7 Å². The molecule has 1 unspecified atom stereocenters. The summed E-state index contributed by atoms with van der Waals surface area (Å²) in [6, 6.07) is 11.9. The molecule has 3 aromatic rings. The van der Waals surface area contributed by atoms with E-state index in [1.54, 1.807) is 18.4 Å². The lowest BCUT2D eigenvalue weighted by molar-refractivity contribution is -0.128. The maximum absolute atomic E-state index is 12.5. The first kappa shape index (κ1) is 16.8. The zero-order valence-corrected chi connectivity index (χ0v) is 15.7. The summed E-state index contributed by atoms with van der Waals surface area (Å²) in [6.07, 6.45) is 0.492. The van der Waals surface area contributed by atoms with Gasteiger partial charge in [-0.2, -0.15) is 0 Å². The van der Waals surface area contributed by atoms with E-state index in [9.17, 15) is 4.79 Å². The van der Waals surface area contributed by atoms with Crippen LogP contribution in [0.4, 0.5) is 0 Å². The molecular weight excluding hydrogens is 346 g/mol. The molecule has 0 saturated carbocycles. The van der Waals surface area contributed by atoms with Gasteiger partial charge in [-0.1, -0.05) is 24.3 Å². The van der Waals surface area contributed by atoms with Crippen molar-refractivity contribution in [1.82, 2.24) is 14.9 Å². The summed E-state index contributed by atoms with van der Waals surface area (Å²) < 4.78 is 5.41. The normalized spacial score (nSPS) is 17.1. The Bertz CT molecular complexity index is 917. The first-order chi connectivity index (χ1) is 12.7. The minimum absolute atomic E-state index is 0.101. The van der Waals surface area contributed by atoms with Gasteiger partial charge in [0.25, 0.3) is 0 Å². The second kappa shape index (κ2) is 6.96. The van der Waals surface area contributed by atoms with Crippen molar-refractivity contribution < 1.29 is 9.53 Å². The highest BCUT2D eigenvalue weighted by Gasteiger charge is 2.33. The van der Waals surface area contributed by atoms with E-state index < -0.39 is 0 Å². The van der Waals surface area contributed by atoms with Crippen molar-refractivity contribution in [3.63, 3.8) is 0 Å². The Morgan fingerprint density at radius 3 is 2.92 bits per heavy atom. The van der Waals surface area contributed by atoms with E-state index in [1.807, 2.05) is 42.2 Å². The van der Waals surface area contributed by atoms with Gasteiger partial charge < -0.3 is 14.6 Å². The number of hydrogen-bond donors (Lipinski definition) is 1. The molecule has 1 atom stereocenters. The van der Waals surface area contributed by atoms with Gasteiger partial charge in [-0.05, 0) is 24.4 Å². The average molecular weight is 367 g/mol. The van der Waals surface area contributed by atoms with Gasteiger partial charge in [-0.3, -0.25) is 4.79 Å². The molecule has 26 heavy (non-hydrogen) atoms. The number of carbonyl (C=O) groups excluding carboxylic acids is 1. The lowest BCUT2D eigenvalue weighted by atomic mass is 10.1. The monoisotopic (exact) mass is 367 g/mol. The lowest BCUT2D eigenvalue weighted by Gasteiger charge is -2.18. The van der Waals surface area contributed by atoms with Crippen molar-refractivity contribution in [3.8, 4) is 16.3 Å². The van der Waals surface area contributed by atoms with Gasteiger partial charge in [0.2, 0.25) is 5.91 Å². The minimum Gasteiger partial charge on any atom is -0.496 e. The number of likely N-dealkylation sites (tertiary alicyclic amines) is 1. The second-order valence-electron chi connectivity index (χ2n) is 6.56. The van der Waals surface area contributed by atoms with E-state index in [1.165, 1.54) is 0 Å². The van der Waals surface area contributed by atoms with Crippen LogP contribution in [0.3, 0.4) is 0 Å². The Morgan fingerprint density at radius 1 is 1.31 bits per heavy atom. The van der Waals surface area contributed by atoms with Crippen LogP contribution in [-0.2, 0) is 11.3 Å². The molecule has 3 heterocycles. The van der Waals surface area contributed by atoms with Crippen molar-refractivity contribution in [2.45, 2.75) is 25.8 Å². The molecule has 1 amide bonds. The van der Waals surface area contributed by atoms with Crippen LogP contribution in [0.25, 0.3) is 10.6 Å². The molecule has 1 fully saturated rings.